The predicted molar refractivity (Wildman–Crippen MR) is 71.7 cm³/mol. The molecule has 1 heterocycles. The lowest BCUT2D eigenvalue weighted by molar-refractivity contribution is 0.0578. The fourth-order valence-electron chi connectivity index (χ4n) is 1.95. The third kappa shape index (κ3) is 2.63. The second-order valence-corrected chi connectivity index (χ2v) is 5.96. The van der Waals surface area contributed by atoms with E-state index in [1.165, 1.54) is 6.08 Å². The summed E-state index contributed by atoms with van der Waals surface area (Å²) in [7, 11) is -3.66. The van der Waals surface area contributed by atoms with Crippen molar-refractivity contribution in [3.8, 4) is 0 Å². The smallest absolute Gasteiger partial charge is 0.264 e. The van der Waals surface area contributed by atoms with Crippen LogP contribution in [0.5, 0.6) is 0 Å². The van der Waals surface area contributed by atoms with Crippen molar-refractivity contribution in [1.29, 1.82) is 0 Å². The molecule has 1 aliphatic rings. The van der Waals surface area contributed by atoms with Crippen molar-refractivity contribution in [2.75, 3.05) is 12.9 Å². The van der Waals surface area contributed by atoms with Gasteiger partial charge in [0, 0.05) is 0 Å². The molecule has 2 rings (SSSR count). The maximum absolute atomic E-state index is 12.2. The van der Waals surface area contributed by atoms with E-state index in [0.717, 1.165) is 11.2 Å². The van der Waals surface area contributed by atoms with E-state index in [1.807, 2.05) is 0 Å². The lowest BCUT2D eigenvalue weighted by atomic mass is 10.1. The molecule has 7 heteroatoms. The van der Waals surface area contributed by atoms with Crippen LogP contribution < -0.4 is 0 Å². The van der Waals surface area contributed by atoms with Gasteiger partial charge >= 0.3 is 0 Å². The van der Waals surface area contributed by atoms with Crippen LogP contribution in [0.15, 0.2) is 36.9 Å². The molecule has 1 aromatic rings. The zero-order chi connectivity index (χ0) is 14.9. The maximum Gasteiger partial charge on any atom is 0.264 e. The van der Waals surface area contributed by atoms with E-state index in [2.05, 4.69) is 10.8 Å². The van der Waals surface area contributed by atoms with Gasteiger partial charge in [-0.05, 0) is 12.1 Å². The predicted octanol–water partition coefficient (Wildman–Crippen LogP) is 0.813. The SMILES string of the molecule is C=C[C@H](COS(C)(=O)=O)N1C(=O)c2ccccc2C1=O. The Morgan fingerprint density at radius 1 is 1.25 bits per heavy atom. The van der Waals surface area contributed by atoms with Crippen molar-refractivity contribution < 1.29 is 22.2 Å². The van der Waals surface area contributed by atoms with E-state index in [4.69, 9.17) is 0 Å². The Hall–Kier alpha value is -1.99. The summed E-state index contributed by atoms with van der Waals surface area (Å²) < 4.78 is 26.7. The molecule has 0 bridgehead atoms. The first-order valence-corrected chi connectivity index (χ1v) is 7.60. The lowest BCUT2D eigenvalue weighted by Crippen LogP contribution is -2.41. The minimum Gasteiger partial charge on any atom is -0.269 e. The monoisotopic (exact) mass is 295 g/mol. The van der Waals surface area contributed by atoms with E-state index < -0.39 is 28.0 Å². The molecule has 0 fully saturated rings. The van der Waals surface area contributed by atoms with Crippen molar-refractivity contribution in [2.24, 2.45) is 0 Å². The Labute approximate surface area is 116 Å². The third-order valence-electron chi connectivity index (χ3n) is 2.88. The molecule has 0 aliphatic carbocycles. The van der Waals surface area contributed by atoms with Crippen LogP contribution in [-0.4, -0.2) is 44.0 Å². The molecular weight excluding hydrogens is 282 g/mol. The number of carbonyl (C=O) groups is 2. The first-order valence-electron chi connectivity index (χ1n) is 5.79. The molecule has 0 spiro atoms. The molecule has 0 aromatic heterocycles. The zero-order valence-corrected chi connectivity index (χ0v) is 11.6. The van der Waals surface area contributed by atoms with Gasteiger partial charge in [0.1, 0.15) is 0 Å². The minimum atomic E-state index is -3.66. The molecule has 1 aromatic carbocycles. The van der Waals surface area contributed by atoms with Crippen LogP contribution in [0.1, 0.15) is 20.7 Å². The normalized spacial score (nSPS) is 16.1. The van der Waals surface area contributed by atoms with E-state index in [0.29, 0.717) is 11.1 Å². The van der Waals surface area contributed by atoms with Gasteiger partial charge in [0.05, 0.1) is 30.0 Å². The Morgan fingerprint density at radius 3 is 2.15 bits per heavy atom. The molecule has 106 valence electrons. The molecule has 6 nitrogen and oxygen atoms in total. The van der Waals surface area contributed by atoms with Crippen LogP contribution in [-0.2, 0) is 14.3 Å². The summed E-state index contributed by atoms with van der Waals surface area (Å²) in [6.07, 6.45) is 2.21. The van der Waals surface area contributed by atoms with Gasteiger partial charge in [0.15, 0.2) is 0 Å². The number of amides is 2. The molecule has 20 heavy (non-hydrogen) atoms. The largest absolute Gasteiger partial charge is 0.269 e. The van der Waals surface area contributed by atoms with Gasteiger partial charge in [-0.25, -0.2) is 0 Å². The number of imide groups is 1. The lowest BCUT2D eigenvalue weighted by Gasteiger charge is -2.22. The average Bonchev–Trinajstić information content (AvgIpc) is 2.64. The summed E-state index contributed by atoms with van der Waals surface area (Å²) in [5, 5.41) is 0. The molecule has 0 unspecified atom stereocenters. The Balaban J connectivity index is 2.27. The van der Waals surface area contributed by atoms with Crippen LogP contribution in [0.4, 0.5) is 0 Å². The molecule has 0 saturated heterocycles. The van der Waals surface area contributed by atoms with Crippen LogP contribution in [0.3, 0.4) is 0 Å². The average molecular weight is 295 g/mol. The highest BCUT2D eigenvalue weighted by atomic mass is 32.2. The first kappa shape index (κ1) is 14.4. The second kappa shape index (κ2) is 5.18. The van der Waals surface area contributed by atoms with Crippen molar-refractivity contribution in [1.82, 2.24) is 4.90 Å². The van der Waals surface area contributed by atoms with Gasteiger partial charge in [0.2, 0.25) is 0 Å². The van der Waals surface area contributed by atoms with Crippen LogP contribution in [0.25, 0.3) is 0 Å². The standard InChI is InChI=1S/C13H13NO5S/c1-3-9(8-19-20(2,17)18)14-12(15)10-6-4-5-7-11(10)13(14)16/h3-7,9H,1,8H2,2H3/t9-/m1/s1. The highest BCUT2D eigenvalue weighted by Gasteiger charge is 2.39. The highest BCUT2D eigenvalue weighted by Crippen LogP contribution is 2.25. The molecule has 1 aliphatic heterocycles. The molecule has 0 N–H and O–H groups in total. The summed E-state index contributed by atoms with van der Waals surface area (Å²) in [5.74, 6) is -0.958. The first-order chi connectivity index (χ1) is 9.35. The van der Waals surface area contributed by atoms with E-state index in [1.54, 1.807) is 24.3 Å². The number of hydrogen-bond acceptors (Lipinski definition) is 5. The van der Waals surface area contributed by atoms with Gasteiger partial charge in [-0.15, -0.1) is 6.58 Å². The van der Waals surface area contributed by atoms with Gasteiger partial charge in [-0.1, -0.05) is 18.2 Å². The second-order valence-electron chi connectivity index (χ2n) is 4.32. The van der Waals surface area contributed by atoms with Gasteiger partial charge in [0.25, 0.3) is 21.9 Å². The Kier molecular flexibility index (Phi) is 3.74. The van der Waals surface area contributed by atoms with Crippen LogP contribution in [0.2, 0.25) is 0 Å². The van der Waals surface area contributed by atoms with E-state index in [-0.39, 0.29) is 6.61 Å². The van der Waals surface area contributed by atoms with Crippen molar-refractivity contribution in [3.63, 3.8) is 0 Å². The Bertz CT molecular complexity index is 645. The van der Waals surface area contributed by atoms with Crippen LogP contribution >= 0.6 is 0 Å². The summed E-state index contributed by atoms with van der Waals surface area (Å²) >= 11 is 0. The highest BCUT2D eigenvalue weighted by molar-refractivity contribution is 7.85. The van der Waals surface area contributed by atoms with Crippen molar-refractivity contribution >= 4 is 21.9 Å². The number of nitrogens with zero attached hydrogens (tertiary/aromatic N) is 1. The summed E-state index contributed by atoms with van der Waals surface area (Å²) in [6, 6.07) is 5.57. The number of benzene rings is 1. The topological polar surface area (TPSA) is 80.8 Å². The summed E-state index contributed by atoms with van der Waals surface area (Å²) in [6.45, 7) is 3.18. The molecule has 0 saturated carbocycles. The number of rotatable bonds is 5. The number of carbonyl (C=O) groups excluding carboxylic acids is 2. The summed E-state index contributed by atoms with van der Waals surface area (Å²) in [4.78, 5) is 25.3. The van der Waals surface area contributed by atoms with E-state index >= 15 is 0 Å². The number of fused-ring (bicyclic) bond motifs is 1. The van der Waals surface area contributed by atoms with Crippen molar-refractivity contribution in [3.05, 3.63) is 48.0 Å². The van der Waals surface area contributed by atoms with Crippen LogP contribution in [0, 0.1) is 0 Å². The van der Waals surface area contributed by atoms with Crippen molar-refractivity contribution in [2.45, 2.75) is 6.04 Å². The number of hydrogen-bond donors (Lipinski definition) is 0. The maximum atomic E-state index is 12.2. The quantitative estimate of drug-likeness (QED) is 0.456. The Morgan fingerprint density at radius 2 is 1.75 bits per heavy atom. The molecule has 0 radical (unpaired) electrons. The van der Waals surface area contributed by atoms with Gasteiger partial charge < -0.3 is 0 Å². The van der Waals surface area contributed by atoms with Gasteiger partial charge in [-0.2, -0.15) is 8.42 Å². The fourth-order valence-corrected chi connectivity index (χ4v) is 2.34. The molecule has 1 atom stereocenters. The summed E-state index contributed by atoms with van der Waals surface area (Å²) in [5.41, 5.74) is 0.590. The third-order valence-corrected chi connectivity index (χ3v) is 3.45. The minimum absolute atomic E-state index is 0.295. The van der Waals surface area contributed by atoms with E-state index in [9.17, 15) is 18.0 Å². The van der Waals surface area contributed by atoms with Gasteiger partial charge in [-0.3, -0.25) is 18.7 Å². The zero-order valence-electron chi connectivity index (χ0n) is 10.8. The molecule has 2 amide bonds. The molecular formula is C13H13NO5S. The fraction of sp³-hybridized carbons (Fsp3) is 0.231.